The van der Waals surface area contributed by atoms with E-state index in [1.165, 1.54) is 0 Å². The number of aromatic amines is 1. The molecule has 1 aromatic carbocycles. The highest BCUT2D eigenvalue weighted by molar-refractivity contribution is 5.61. The van der Waals surface area contributed by atoms with Gasteiger partial charge in [0.15, 0.2) is 0 Å². The second kappa shape index (κ2) is 6.13. The minimum Gasteiger partial charge on any atom is -0.508 e. The largest absolute Gasteiger partial charge is 0.508 e. The highest BCUT2D eigenvalue weighted by Crippen LogP contribution is 2.20. The van der Waals surface area contributed by atoms with Crippen LogP contribution in [0.1, 0.15) is 5.56 Å². The monoisotopic (exact) mass is 297 g/mol. The number of hydrogen-bond acceptors (Lipinski definition) is 6. The lowest BCUT2D eigenvalue weighted by molar-refractivity contribution is 0.432. The molecule has 0 radical (unpaired) electrons. The number of nitrogens with zero attached hydrogens (tertiary/aromatic N) is 3. The second-order valence-corrected chi connectivity index (χ2v) is 4.77. The molecular weight excluding hydrogens is 282 g/mol. The third-order valence-electron chi connectivity index (χ3n) is 3.16. The summed E-state index contributed by atoms with van der Waals surface area (Å²) in [4.78, 5) is 7.92. The lowest BCUT2D eigenvalue weighted by atomic mass is 10.1. The van der Waals surface area contributed by atoms with E-state index in [1.54, 1.807) is 30.6 Å². The van der Waals surface area contributed by atoms with Crippen LogP contribution in [-0.4, -0.2) is 36.9 Å². The van der Waals surface area contributed by atoms with Gasteiger partial charge in [-0.15, -0.1) is 0 Å². The summed E-state index contributed by atoms with van der Waals surface area (Å²) < 4.78 is 0. The maximum Gasteiger partial charge on any atom is 0.316 e. The Morgan fingerprint density at radius 1 is 1.09 bits per heavy atom. The van der Waals surface area contributed by atoms with Crippen molar-refractivity contribution < 1.29 is 10.2 Å². The third-order valence-corrected chi connectivity index (χ3v) is 3.16. The molecule has 0 bridgehead atoms. The molecule has 0 atom stereocenters. The van der Waals surface area contributed by atoms with Gasteiger partial charge >= 0.3 is 6.01 Å². The van der Waals surface area contributed by atoms with E-state index in [0.29, 0.717) is 18.1 Å². The number of hydrogen-bond donors (Lipinski definition) is 4. The molecule has 3 rings (SSSR count). The molecule has 112 valence electrons. The van der Waals surface area contributed by atoms with Gasteiger partial charge in [0.05, 0.1) is 11.9 Å². The van der Waals surface area contributed by atoms with Gasteiger partial charge < -0.3 is 15.5 Å². The van der Waals surface area contributed by atoms with Crippen molar-refractivity contribution in [2.45, 2.75) is 6.42 Å². The number of nitrogens with one attached hydrogen (secondary N) is 2. The van der Waals surface area contributed by atoms with Gasteiger partial charge in [0.1, 0.15) is 11.6 Å². The van der Waals surface area contributed by atoms with E-state index in [2.05, 4.69) is 25.5 Å². The first-order valence-corrected chi connectivity index (χ1v) is 6.80. The van der Waals surface area contributed by atoms with Crippen molar-refractivity contribution in [2.75, 3.05) is 11.9 Å². The van der Waals surface area contributed by atoms with Crippen molar-refractivity contribution in [2.24, 2.45) is 0 Å². The number of phenolic OH excluding ortho intramolecular Hbond substituents is 1. The van der Waals surface area contributed by atoms with E-state index >= 15 is 0 Å². The molecule has 7 heteroatoms. The highest BCUT2D eigenvalue weighted by atomic mass is 16.3. The number of aromatic hydroxyl groups is 2. The zero-order valence-electron chi connectivity index (χ0n) is 11.7. The molecule has 0 aliphatic heterocycles. The first-order chi connectivity index (χ1) is 10.7. The van der Waals surface area contributed by atoms with Gasteiger partial charge in [-0.1, -0.05) is 12.1 Å². The number of phenols is 1. The Hall–Kier alpha value is -3.09. The lowest BCUT2D eigenvalue weighted by Gasteiger charge is -2.07. The summed E-state index contributed by atoms with van der Waals surface area (Å²) >= 11 is 0. The highest BCUT2D eigenvalue weighted by Gasteiger charge is 2.06. The van der Waals surface area contributed by atoms with Crippen molar-refractivity contribution in [1.82, 2.24) is 20.2 Å². The Morgan fingerprint density at radius 2 is 1.91 bits per heavy atom. The van der Waals surface area contributed by atoms with Crippen LogP contribution in [0.15, 0.2) is 42.7 Å². The lowest BCUT2D eigenvalue weighted by Crippen LogP contribution is -2.06. The molecule has 0 saturated carbocycles. The van der Waals surface area contributed by atoms with Gasteiger partial charge in [0.2, 0.25) is 0 Å². The Labute approximate surface area is 126 Å². The van der Waals surface area contributed by atoms with Gasteiger partial charge in [-0.2, -0.15) is 15.1 Å². The topological polar surface area (TPSA) is 107 Å². The van der Waals surface area contributed by atoms with Crippen LogP contribution in [0.25, 0.3) is 11.3 Å². The maximum absolute atomic E-state index is 9.62. The summed E-state index contributed by atoms with van der Waals surface area (Å²) in [7, 11) is 0. The van der Waals surface area contributed by atoms with E-state index in [9.17, 15) is 10.2 Å². The van der Waals surface area contributed by atoms with E-state index < -0.39 is 0 Å². The number of rotatable bonds is 5. The Kier molecular flexibility index (Phi) is 3.86. The minimum absolute atomic E-state index is 0.252. The van der Waals surface area contributed by atoms with Gasteiger partial charge in [-0.05, 0) is 24.1 Å². The van der Waals surface area contributed by atoms with E-state index in [-0.39, 0.29) is 11.8 Å². The predicted octanol–water partition coefficient (Wildman–Crippen LogP) is 1.93. The van der Waals surface area contributed by atoms with Crippen molar-refractivity contribution in [3.05, 3.63) is 48.3 Å². The van der Waals surface area contributed by atoms with Crippen LogP contribution < -0.4 is 5.32 Å². The van der Waals surface area contributed by atoms with Gasteiger partial charge in [0, 0.05) is 24.4 Å². The standard InChI is InChI=1S/C15H15N5O2/c21-12-3-1-10(2-4-12)5-6-16-14-7-13(19-15(22)20-14)11-8-17-18-9-11/h1-4,7-9,21H,5-6H2,(H,17,18)(H2,16,19,20,22). The Balaban J connectivity index is 1.66. The van der Waals surface area contributed by atoms with Crippen LogP contribution in [0.2, 0.25) is 0 Å². The SMILES string of the molecule is Oc1ccc(CCNc2cc(-c3cn[nH]c3)nc(O)n2)cc1. The molecule has 2 aromatic heterocycles. The predicted molar refractivity (Wildman–Crippen MR) is 81.6 cm³/mol. The normalized spacial score (nSPS) is 10.5. The summed E-state index contributed by atoms with van der Waals surface area (Å²) in [5, 5.41) is 28.6. The maximum atomic E-state index is 9.62. The molecule has 0 amide bonds. The Morgan fingerprint density at radius 3 is 2.64 bits per heavy atom. The summed E-state index contributed by atoms with van der Waals surface area (Å²) in [5.74, 6) is 0.796. The zero-order valence-corrected chi connectivity index (χ0v) is 11.7. The summed E-state index contributed by atoms with van der Waals surface area (Å²) in [6.45, 7) is 0.645. The molecule has 4 N–H and O–H groups in total. The molecule has 22 heavy (non-hydrogen) atoms. The van der Waals surface area contributed by atoms with Crippen molar-refractivity contribution >= 4 is 5.82 Å². The quantitative estimate of drug-likeness (QED) is 0.573. The number of aromatic nitrogens is 4. The summed E-state index contributed by atoms with van der Waals surface area (Å²) in [6.07, 6.45) is 4.09. The number of anilines is 1. The molecule has 3 aromatic rings. The molecular formula is C15H15N5O2. The summed E-state index contributed by atoms with van der Waals surface area (Å²) in [6, 6.07) is 8.51. The minimum atomic E-state index is -0.286. The molecule has 0 aliphatic carbocycles. The van der Waals surface area contributed by atoms with Crippen molar-refractivity contribution in [1.29, 1.82) is 0 Å². The Bertz CT molecular complexity index is 741. The fourth-order valence-electron chi connectivity index (χ4n) is 2.06. The molecule has 7 nitrogen and oxygen atoms in total. The van der Waals surface area contributed by atoms with Crippen LogP contribution in [0.4, 0.5) is 5.82 Å². The van der Waals surface area contributed by atoms with Crippen LogP contribution in [-0.2, 0) is 6.42 Å². The average Bonchev–Trinajstić information content (AvgIpc) is 3.03. The molecule has 0 unspecified atom stereocenters. The molecule has 0 fully saturated rings. The smallest absolute Gasteiger partial charge is 0.316 e. The molecule has 0 spiro atoms. The zero-order chi connectivity index (χ0) is 15.4. The van der Waals surface area contributed by atoms with Gasteiger partial charge in [0.25, 0.3) is 0 Å². The van der Waals surface area contributed by atoms with Gasteiger partial charge in [-0.3, -0.25) is 5.10 Å². The van der Waals surface area contributed by atoms with Crippen LogP contribution in [0, 0.1) is 0 Å². The third kappa shape index (κ3) is 3.32. The van der Waals surface area contributed by atoms with Crippen LogP contribution >= 0.6 is 0 Å². The molecule has 0 saturated heterocycles. The first kappa shape index (κ1) is 13.9. The molecule has 2 heterocycles. The average molecular weight is 297 g/mol. The van der Waals surface area contributed by atoms with E-state index in [1.807, 2.05) is 12.1 Å². The van der Waals surface area contributed by atoms with Crippen molar-refractivity contribution in [3.8, 4) is 23.0 Å². The number of H-pyrrole nitrogens is 1. The van der Waals surface area contributed by atoms with Gasteiger partial charge in [-0.25, -0.2) is 0 Å². The fourth-order valence-corrected chi connectivity index (χ4v) is 2.06. The second-order valence-electron chi connectivity index (χ2n) is 4.77. The first-order valence-electron chi connectivity index (χ1n) is 6.80. The van der Waals surface area contributed by atoms with Crippen molar-refractivity contribution in [3.63, 3.8) is 0 Å². The van der Waals surface area contributed by atoms with Crippen LogP contribution in [0.5, 0.6) is 11.8 Å². The van der Waals surface area contributed by atoms with Crippen LogP contribution in [0.3, 0.4) is 0 Å². The van der Waals surface area contributed by atoms with E-state index in [4.69, 9.17) is 0 Å². The molecule has 0 aliphatic rings. The number of benzene rings is 1. The fraction of sp³-hybridized carbons (Fsp3) is 0.133. The summed E-state index contributed by atoms with van der Waals surface area (Å²) in [5.41, 5.74) is 2.46. The van der Waals surface area contributed by atoms with E-state index in [0.717, 1.165) is 17.5 Å².